The van der Waals surface area contributed by atoms with E-state index in [1.165, 1.54) is 0 Å². The van der Waals surface area contributed by atoms with E-state index in [-0.39, 0.29) is 18.2 Å². The van der Waals surface area contributed by atoms with Gasteiger partial charge in [0.1, 0.15) is 6.04 Å². The van der Waals surface area contributed by atoms with Crippen molar-refractivity contribution in [1.29, 1.82) is 0 Å². The van der Waals surface area contributed by atoms with Crippen LogP contribution < -0.4 is 5.32 Å². The molecule has 4 nitrogen and oxygen atoms in total. The zero-order chi connectivity index (χ0) is 19.8. The van der Waals surface area contributed by atoms with Crippen LogP contribution in [0.3, 0.4) is 0 Å². The molecule has 0 spiro atoms. The third kappa shape index (κ3) is 6.10. The van der Waals surface area contributed by atoms with E-state index in [4.69, 9.17) is 11.6 Å². The molecule has 0 unspecified atom stereocenters. The van der Waals surface area contributed by atoms with Crippen LogP contribution in [0.5, 0.6) is 0 Å². The van der Waals surface area contributed by atoms with Crippen LogP contribution in [0.1, 0.15) is 37.0 Å². The number of hydrogen-bond donors (Lipinski definition) is 1. The van der Waals surface area contributed by atoms with Gasteiger partial charge >= 0.3 is 0 Å². The quantitative estimate of drug-likeness (QED) is 0.741. The number of hydrogen-bond acceptors (Lipinski definition) is 2. The molecule has 0 aliphatic rings. The molecule has 0 bridgehead atoms. The highest BCUT2D eigenvalue weighted by Gasteiger charge is 2.28. The molecule has 0 heterocycles. The Morgan fingerprint density at radius 3 is 2.15 bits per heavy atom. The molecule has 0 aliphatic carbocycles. The van der Waals surface area contributed by atoms with E-state index < -0.39 is 6.04 Å². The van der Waals surface area contributed by atoms with Crippen molar-refractivity contribution < 1.29 is 9.59 Å². The lowest BCUT2D eigenvalue weighted by Gasteiger charge is -2.30. The largest absolute Gasteiger partial charge is 0.355 e. The fourth-order valence-corrected chi connectivity index (χ4v) is 3.11. The number of amides is 2. The first kappa shape index (κ1) is 21.0. The molecule has 2 rings (SSSR count). The molecule has 5 heteroatoms. The highest BCUT2D eigenvalue weighted by atomic mass is 35.5. The van der Waals surface area contributed by atoms with Crippen LogP contribution in [0, 0.1) is 6.92 Å². The molecular formula is C22H27ClN2O2. The van der Waals surface area contributed by atoms with E-state index in [9.17, 15) is 9.59 Å². The summed E-state index contributed by atoms with van der Waals surface area (Å²) < 4.78 is 0. The Hall–Kier alpha value is -2.33. The van der Waals surface area contributed by atoms with Crippen molar-refractivity contribution in [2.24, 2.45) is 0 Å². The minimum atomic E-state index is -0.501. The van der Waals surface area contributed by atoms with Crippen molar-refractivity contribution in [3.63, 3.8) is 0 Å². The Morgan fingerprint density at radius 1 is 1.00 bits per heavy atom. The highest BCUT2D eigenvalue weighted by Crippen LogP contribution is 2.17. The molecule has 27 heavy (non-hydrogen) atoms. The number of aryl methyl sites for hydroxylation is 1. The molecule has 0 aromatic heterocycles. The van der Waals surface area contributed by atoms with Crippen molar-refractivity contribution >= 4 is 23.4 Å². The van der Waals surface area contributed by atoms with Gasteiger partial charge in [0.2, 0.25) is 11.8 Å². The van der Waals surface area contributed by atoms with Gasteiger partial charge < -0.3 is 10.2 Å². The summed E-state index contributed by atoms with van der Waals surface area (Å²) in [5.74, 6) is -0.182. The van der Waals surface area contributed by atoms with Gasteiger partial charge in [0, 0.05) is 18.1 Å². The highest BCUT2D eigenvalue weighted by molar-refractivity contribution is 6.30. The summed E-state index contributed by atoms with van der Waals surface area (Å²) in [5, 5.41) is 3.49. The SMILES string of the molecule is CCNC(=O)[C@H](CC)N(Cc1ccc(Cl)cc1)C(=O)Cc1ccc(C)cc1. The maximum Gasteiger partial charge on any atom is 0.242 e. The van der Waals surface area contributed by atoms with Crippen LogP contribution in [-0.4, -0.2) is 29.3 Å². The first-order valence-electron chi connectivity index (χ1n) is 9.31. The lowest BCUT2D eigenvalue weighted by molar-refractivity contribution is -0.140. The summed E-state index contributed by atoms with van der Waals surface area (Å²) in [5.41, 5.74) is 3.04. The summed E-state index contributed by atoms with van der Waals surface area (Å²) in [6.07, 6.45) is 0.822. The third-order valence-electron chi connectivity index (χ3n) is 4.48. The number of carbonyl (C=O) groups is 2. The van der Waals surface area contributed by atoms with E-state index >= 15 is 0 Å². The predicted octanol–water partition coefficient (Wildman–Crippen LogP) is 4.13. The number of rotatable bonds is 8. The molecule has 0 saturated heterocycles. The van der Waals surface area contributed by atoms with Gasteiger partial charge in [-0.15, -0.1) is 0 Å². The average Bonchev–Trinajstić information content (AvgIpc) is 2.65. The van der Waals surface area contributed by atoms with Crippen LogP contribution >= 0.6 is 11.6 Å². The van der Waals surface area contributed by atoms with Crippen LogP contribution in [0.15, 0.2) is 48.5 Å². The first-order valence-corrected chi connectivity index (χ1v) is 9.69. The van der Waals surface area contributed by atoms with Gasteiger partial charge in [0.05, 0.1) is 6.42 Å². The lowest BCUT2D eigenvalue weighted by atomic mass is 10.1. The second kappa shape index (κ2) is 10.1. The molecule has 2 aromatic rings. The standard InChI is InChI=1S/C22H27ClN2O2/c1-4-20(22(27)24-5-2)25(15-18-10-12-19(23)13-11-18)21(26)14-17-8-6-16(3)7-9-17/h6-13,20H,4-5,14-15H2,1-3H3,(H,24,27)/t20-/m0/s1. The van der Waals surface area contributed by atoms with Crippen molar-refractivity contribution in [2.75, 3.05) is 6.54 Å². The fourth-order valence-electron chi connectivity index (χ4n) is 2.98. The Bertz CT molecular complexity index is 757. The molecule has 0 fully saturated rings. The minimum Gasteiger partial charge on any atom is -0.355 e. The summed E-state index contributed by atoms with van der Waals surface area (Å²) in [4.78, 5) is 27.3. The molecular weight excluding hydrogens is 360 g/mol. The van der Waals surface area contributed by atoms with Crippen molar-refractivity contribution in [1.82, 2.24) is 10.2 Å². The Balaban J connectivity index is 2.25. The first-order chi connectivity index (χ1) is 12.9. The van der Waals surface area contributed by atoms with Crippen LogP contribution in [0.25, 0.3) is 0 Å². The second-order valence-corrected chi connectivity index (χ2v) is 7.07. The van der Waals surface area contributed by atoms with Gasteiger partial charge in [-0.3, -0.25) is 9.59 Å². The molecule has 2 amide bonds. The normalized spacial score (nSPS) is 11.7. The third-order valence-corrected chi connectivity index (χ3v) is 4.73. The van der Waals surface area contributed by atoms with E-state index in [0.717, 1.165) is 16.7 Å². The van der Waals surface area contributed by atoms with Gasteiger partial charge in [-0.25, -0.2) is 0 Å². The lowest BCUT2D eigenvalue weighted by Crippen LogP contribution is -2.49. The minimum absolute atomic E-state index is 0.0630. The molecule has 144 valence electrons. The topological polar surface area (TPSA) is 49.4 Å². The number of nitrogens with one attached hydrogen (secondary N) is 1. The van der Waals surface area contributed by atoms with E-state index in [0.29, 0.717) is 24.5 Å². The van der Waals surface area contributed by atoms with E-state index in [1.807, 2.05) is 57.2 Å². The van der Waals surface area contributed by atoms with Crippen molar-refractivity contribution in [3.8, 4) is 0 Å². The summed E-state index contributed by atoms with van der Waals surface area (Å²) in [6.45, 7) is 6.73. The van der Waals surface area contributed by atoms with E-state index in [1.54, 1.807) is 17.0 Å². The van der Waals surface area contributed by atoms with Crippen molar-refractivity contribution in [2.45, 2.75) is 46.2 Å². The molecule has 1 atom stereocenters. The number of nitrogens with zero attached hydrogens (tertiary/aromatic N) is 1. The van der Waals surface area contributed by atoms with Gasteiger partial charge in [0.15, 0.2) is 0 Å². The average molecular weight is 387 g/mol. The number of carbonyl (C=O) groups excluding carboxylic acids is 2. The Labute approximate surface area is 166 Å². The smallest absolute Gasteiger partial charge is 0.242 e. The number of halogens is 1. The van der Waals surface area contributed by atoms with Crippen LogP contribution in [-0.2, 0) is 22.6 Å². The molecule has 0 radical (unpaired) electrons. The number of benzene rings is 2. The van der Waals surface area contributed by atoms with E-state index in [2.05, 4.69) is 5.32 Å². The van der Waals surface area contributed by atoms with Gasteiger partial charge in [0.25, 0.3) is 0 Å². The molecule has 0 aliphatic heterocycles. The maximum atomic E-state index is 13.1. The summed E-state index contributed by atoms with van der Waals surface area (Å²) in [6, 6.07) is 14.8. The maximum absolute atomic E-state index is 13.1. The van der Waals surface area contributed by atoms with Crippen LogP contribution in [0.2, 0.25) is 5.02 Å². The predicted molar refractivity (Wildman–Crippen MR) is 110 cm³/mol. The fraction of sp³-hybridized carbons (Fsp3) is 0.364. The van der Waals surface area contributed by atoms with Crippen molar-refractivity contribution in [3.05, 3.63) is 70.2 Å². The molecule has 1 N–H and O–H groups in total. The number of likely N-dealkylation sites (N-methyl/N-ethyl adjacent to an activating group) is 1. The molecule has 0 saturated carbocycles. The zero-order valence-corrected chi connectivity index (χ0v) is 16.9. The Kier molecular flexibility index (Phi) is 7.86. The van der Waals surface area contributed by atoms with Gasteiger partial charge in [-0.2, -0.15) is 0 Å². The summed E-state index contributed by atoms with van der Waals surface area (Å²) in [7, 11) is 0. The second-order valence-electron chi connectivity index (χ2n) is 6.63. The monoisotopic (exact) mass is 386 g/mol. The summed E-state index contributed by atoms with van der Waals surface area (Å²) >= 11 is 5.97. The Morgan fingerprint density at radius 2 is 1.59 bits per heavy atom. The van der Waals surface area contributed by atoms with Gasteiger partial charge in [-0.1, -0.05) is 60.5 Å². The zero-order valence-electron chi connectivity index (χ0n) is 16.2. The van der Waals surface area contributed by atoms with Gasteiger partial charge in [-0.05, 0) is 43.5 Å². The molecule has 2 aromatic carbocycles. The van der Waals surface area contributed by atoms with Crippen LogP contribution in [0.4, 0.5) is 0 Å².